The molecule has 2 heteroatoms. The summed E-state index contributed by atoms with van der Waals surface area (Å²) in [5.41, 5.74) is 2.45. The summed E-state index contributed by atoms with van der Waals surface area (Å²) in [5.74, 6) is 1.80. The molecular formula is C17H26O2. The standard InChI is InChI=1S/C17H26O2/c1-13(2)15-9-10-17(19-4)16(11-15)8-6-5-7-14(3)12-18/h6,8-11,13-14,18H,5,7,12H2,1-4H3/b8-6+/t14-/m0/s1. The molecule has 0 aliphatic heterocycles. The maximum absolute atomic E-state index is 8.99. The molecule has 1 atom stereocenters. The van der Waals surface area contributed by atoms with Gasteiger partial charge in [0, 0.05) is 12.2 Å². The molecule has 0 radical (unpaired) electrons. The van der Waals surface area contributed by atoms with Crippen LogP contribution in [0.25, 0.3) is 6.08 Å². The smallest absolute Gasteiger partial charge is 0.126 e. The van der Waals surface area contributed by atoms with Gasteiger partial charge in [-0.05, 0) is 42.4 Å². The van der Waals surface area contributed by atoms with E-state index in [0.717, 1.165) is 24.2 Å². The van der Waals surface area contributed by atoms with E-state index in [1.54, 1.807) is 7.11 Å². The highest BCUT2D eigenvalue weighted by Crippen LogP contribution is 2.25. The maximum atomic E-state index is 8.99. The summed E-state index contributed by atoms with van der Waals surface area (Å²) in [4.78, 5) is 0. The lowest BCUT2D eigenvalue weighted by atomic mass is 9.99. The first kappa shape index (κ1) is 15.8. The van der Waals surface area contributed by atoms with Gasteiger partial charge in [-0.3, -0.25) is 0 Å². The van der Waals surface area contributed by atoms with Crippen LogP contribution in [0.3, 0.4) is 0 Å². The second-order valence-corrected chi connectivity index (χ2v) is 5.42. The molecule has 1 rings (SSSR count). The number of hydrogen-bond acceptors (Lipinski definition) is 2. The Morgan fingerprint density at radius 2 is 2.00 bits per heavy atom. The van der Waals surface area contributed by atoms with Gasteiger partial charge in [-0.15, -0.1) is 0 Å². The van der Waals surface area contributed by atoms with Crippen LogP contribution >= 0.6 is 0 Å². The lowest BCUT2D eigenvalue weighted by Crippen LogP contribution is -1.98. The van der Waals surface area contributed by atoms with Crippen LogP contribution in [-0.4, -0.2) is 18.8 Å². The van der Waals surface area contributed by atoms with Gasteiger partial charge < -0.3 is 9.84 Å². The summed E-state index contributed by atoms with van der Waals surface area (Å²) >= 11 is 0. The molecule has 0 fully saturated rings. The molecule has 1 N–H and O–H groups in total. The van der Waals surface area contributed by atoms with Crippen LogP contribution in [0.15, 0.2) is 24.3 Å². The summed E-state index contributed by atoms with van der Waals surface area (Å²) in [6.45, 7) is 6.71. The molecular weight excluding hydrogens is 236 g/mol. The van der Waals surface area contributed by atoms with Crippen LogP contribution in [0.1, 0.15) is 50.7 Å². The highest BCUT2D eigenvalue weighted by molar-refractivity contribution is 5.58. The number of allylic oxidation sites excluding steroid dienone is 1. The third kappa shape index (κ3) is 5.07. The fraction of sp³-hybridized carbons (Fsp3) is 0.529. The van der Waals surface area contributed by atoms with Crippen molar-refractivity contribution in [3.8, 4) is 5.75 Å². The number of aliphatic hydroxyl groups excluding tert-OH is 1. The monoisotopic (exact) mass is 262 g/mol. The third-order valence-electron chi connectivity index (χ3n) is 3.36. The van der Waals surface area contributed by atoms with E-state index in [1.807, 2.05) is 6.07 Å². The molecule has 0 bridgehead atoms. The van der Waals surface area contributed by atoms with E-state index < -0.39 is 0 Å². The zero-order valence-corrected chi connectivity index (χ0v) is 12.5. The first-order valence-electron chi connectivity index (χ1n) is 7.03. The minimum Gasteiger partial charge on any atom is -0.496 e. The highest BCUT2D eigenvalue weighted by atomic mass is 16.5. The molecule has 0 saturated carbocycles. The minimum atomic E-state index is 0.264. The first-order valence-corrected chi connectivity index (χ1v) is 7.03. The van der Waals surface area contributed by atoms with Crippen molar-refractivity contribution in [2.75, 3.05) is 13.7 Å². The fourth-order valence-electron chi connectivity index (χ4n) is 1.92. The molecule has 1 aromatic rings. The predicted molar refractivity (Wildman–Crippen MR) is 81.6 cm³/mol. The summed E-state index contributed by atoms with van der Waals surface area (Å²) in [5, 5.41) is 8.99. The van der Waals surface area contributed by atoms with Gasteiger partial charge in [0.25, 0.3) is 0 Å². The van der Waals surface area contributed by atoms with Gasteiger partial charge in [-0.2, -0.15) is 0 Å². The van der Waals surface area contributed by atoms with Crippen molar-refractivity contribution in [2.24, 2.45) is 5.92 Å². The van der Waals surface area contributed by atoms with Gasteiger partial charge in [0.05, 0.1) is 7.11 Å². The van der Waals surface area contributed by atoms with Gasteiger partial charge in [0.15, 0.2) is 0 Å². The third-order valence-corrected chi connectivity index (χ3v) is 3.36. The van der Waals surface area contributed by atoms with Crippen molar-refractivity contribution in [1.29, 1.82) is 0 Å². The van der Waals surface area contributed by atoms with Crippen LogP contribution in [0, 0.1) is 5.92 Å². The Kier molecular flexibility index (Phi) is 6.65. The van der Waals surface area contributed by atoms with Crippen molar-refractivity contribution in [3.05, 3.63) is 35.4 Å². The lowest BCUT2D eigenvalue weighted by Gasteiger charge is -2.10. The molecule has 0 amide bonds. The van der Waals surface area contributed by atoms with Gasteiger partial charge >= 0.3 is 0 Å². The Bertz CT molecular complexity index is 408. The van der Waals surface area contributed by atoms with E-state index in [-0.39, 0.29) is 6.61 Å². The van der Waals surface area contributed by atoms with Crippen LogP contribution < -0.4 is 4.74 Å². The van der Waals surface area contributed by atoms with Crippen LogP contribution in [0.5, 0.6) is 5.75 Å². The average Bonchev–Trinajstić information content (AvgIpc) is 2.42. The van der Waals surface area contributed by atoms with E-state index in [4.69, 9.17) is 9.84 Å². The summed E-state index contributed by atoms with van der Waals surface area (Å²) in [6.07, 6.45) is 6.28. The Morgan fingerprint density at radius 1 is 1.26 bits per heavy atom. The summed E-state index contributed by atoms with van der Waals surface area (Å²) in [7, 11) is 1.70. The zero-order chi connectivity index (χ0) is 14.3. The molecule has 0 spiro atoms. The van der Waals surface area contributed by atoms with E-state index in [0.29, 0.717) is 11.8 Å². The zero-order valence-electron chi connectivity index (χ0n) is 12.5. The molecule has 0 aromatic heterocycles. The molecule has 1 aromatic carbocycles. The molecule has 106 valence electrons. The van der Waals surface area contributed by atoms with Crippen LogP contribution in [-0.2, 0) is 0 Å². The number of methoxy groups -OCH3 is 1. The molecule has 19 heavy (non-hydrogen) atoms. The normalized spacial score (nSPS) is 13.2. The second-order valence-electron chi connectivity index (χ2n) is 5.42. The van der Waals surface area contributed by atoms with Crippen molar-refractivity contribution in [2.45, 2.75) is 39.5 Å². The number of benzene rings is 1. The van der Waals surface area contributed by atoms with Gasteiger partial charge in [-0.1, -0.05) is 39.0 Å². The minimum absolute atomic E-state index is 0.264. The molecule has 2 nitrogen and oxygen atoms in total. The van der Waals surface area contributed by atoms with Crippen molar-refractivity contribution >= 4 is 6.08 Å². The molecule has 0 unspecified atom stereocenters. The first-order chi connectivity index (χ1) is 9.08. The Balaban J connectivity index is 2.74. The maximum Gasteiger partial charge on any atom is 0.126 e. The quantitative estimate of drug-likeness (QED) is 0.796. The predicted octanol–water partition coefficient (Wildman–Crippen LogP) is 4.24. The SMILES string of the molecule is COc1ccc(C(C)C)cc1/C=C/CC[C@H](C)CO. The van der Waals surface area contributed by atoms with E-state index in [1.165, 1.54) is 5.56 Å². The largest absolute Gasteiger partial charge is 0.496 e. The van der Waals surface area contributed by atoms with E-state index in [2.05, 4.69) is 45.1 Å². The van der Waals surface area contributed by atoms with Crippen LogP contribution in [0.2, 0.25) is 0 Å². The van der Waals surface area contributed by atoms with Gasteiger partial charge in [0.2, 0.25) is 0 Å². The van der Waals surface area contributed by atoms with E-state index in [9.17, 15) is 0 Å². The summed E-state index contributed by atoms with van der Waals surface area (Å²) in [6, 6.07) is 6.34. The molecule has 0 aliphatic rings. The van der Waals surface area contributed by atoms with Gasteiger partial charge in [-0.25, -0.2) is 0 Å². The topological polar surface area (TPSA) is 29.5 Å². The Labute approximate surface area is 117 Å². The molecule has 0 heterocycles. The second kappa shape index (κ2) is 8.00. The average molecular weight is 262 g/mol. The van der Waals surface area contributed by atoms with Crippen molar-refractivity contribution < 1.29 is 9.84 Å². The highest BCUT2D eigenvalue weighted by Gasteiger charge is 2.04. The Morgan fingerprint density at radius 3 is 2.58 bits per heavy atom. The molecule has 0 saturated heterocycles. The fourth-order valence-corrected chi connectivity index (χ4v) is 1.92. The Hall–Kier alpha value is -1.28. The van der Waals surface area contributed by atoms with E-state index >= 15 is 0 Å². The number of ether oxygens (including phenoxy) is 1. The summed E-state index contributed by atoms with van der Waals surface area (Å²) < 4.78 is 5.39. The van der Waals surface area contributed by atoms with Crippen molar-refractivity contribution in [1.82, 2.24) is 0 Å². The number of rotatable bonds is 7. The van der Waals surface area contributed by atoms with Crippen molar-refractivity contribution in [3.63, 3.8) is 0 Å². The van der Waals surface area contributed by atoms with Gasteiger partial charge in [0.1, 0.15) is 5.75 Å². The molecule has 0 aliphatic carbocycles. The number of hydrogen-bond donors (Lipinski definition) is 1. The lowest BCUT2D eigenvalue weighted by molar-refractivity contribution is 0.231. The van der Waals surface area contributed by atoms with Crippen LogP contribution in [0.4, 0.5) is 0 Å². The number of aliphatic hydroxyl groups is 1.